The zero-order valence-electron chi connectivity index (χ0n) is 6.20. The van der Waals surface area contributed by atoms with Crippen molar-refractivity contribution in [2.75, 3.05) is 0 Å². The SMILES string of the molecule is C1=CC2C=C3C=NC2(C=C1)C3. The van der Waals surface area contributed by atoms with E-state index >= 15 is 0 Å². The molecule has 0 radical (unpaired) electrons. The van der Waals surface area contributed by atoms with Gasteiger partial charge in [0.2, 0.25) is 0 Å². The number of fused-ring (bicyclic) bond motifs is 1. The van der Waals surface area contributed by atoms with Crippen LogP contribution in [0.4, 0.5) is 0 Å². The molecule has 0 N–H and O–H groups in total. The van der Waals surface area contributed by atoms with Crippen molar-refractivity contribution in [2.45, 2.75) is 12.0 Å². The van der Waals surface area contributed by atoms with Crippen molar-refractivity contribution in [1.29, 1.82) is 0 Å². The van der Waals surface area contributed by atoms with E-state index < -0.39 is 0 Å². The van der Waals surface area contributed by atoms with Crippen molar-refractivity contribution in [3.8, 4) is 0 Å². The smallest absolute Gasteiger partial charge is 0.0928 e. The van der Waals surface area contributed by atoms with Gasteiger partial charge in [-0.3, -0.25) is 4.99 Å². The maximum Gasteiger partial charge on any atom is 0.0928 e. The highest BCUT2D eigenvalue weighted by Crippen LogP contribution is 2.44. The van der Waals surface area contributed by atoms with E-state index in [9.17, 15) is 0 Å². The van der Waals surface area contributed by atoms with E-state index in [2.05, 4.69) is 35.4 Å². The normalized spacial score (nSPS) is 42.9. The van der Waals surface area contributed by atoms with Crippen LogP contribution < -0.4 is 0 Å². The molecule has 0 amide bonds. The third-order valence-corrected chi connectivity index (χ3v) is 2.74. The molecule has 0 saturated heterocycles. The lowest BCUT2D eigenvalue weighted by Crippen LogP contribution is -2.27. The van der Waals surface area contributed by atoms with Crippen LogP contribution in [0.5, 0.6) is 0 Å². The Bertz CT molecular complexity index is 320. The molecule has 0 saturated carbocycles. The number of aliphatic imine (C=N–C) groups is 1. The molecule has 2 bridgehead atoms. The highest BCUT2D eigenvalue weighted by atomic mass is 14.9. The first kappa shape index (κ1) is 5.53. The Kier molecular flexibility index (Phi) is 0.780. The monoisotopic (exact) mass is 143 g/mol. The molecule has 1 aliphatic heterocycles. The fraction of sp³-hybridized carbons (Fsp3) is 0.300. The first-order valence-electron chi connectivity index (χ1n) is 4.01. The third-order valence-electron chi connectivity index (χ3n) is 2.74. The molecule has 11 heavy (non-hydrogen) atoms. The number of hydrogen-bond donors (Lipinski definition) is 0. The van der Waals surface area contributed by atoms with Crippen LogP contribution in [-0.2, 0) is 0 Å². The van der Waals surface area contributed by atoms with Crippen LogP contribution >= 0.6 is 0 Å². The topological polar surface area (TPSA) is 12.4 Å². The van der Waals surface area contributed by atoms with Crippen LogP contribution in [0.3, 0.4) is 0 Å². The molecule has 2 unspecified atom stereocenters. The fourth-order valence-corrected chi connectivity index (χ4v) is 2.14. The van der Waals surface area contributed by atoms with E-state index in [1.165, 1.54) is 5.57 Å². The Balaban J connectivity index is 2.19. The second-order valence-electron chi connectivity index (χ2n) is 3.44. The second-order valence-corrected chi connectivity index (χ2v) is 3.44. The van der Waals surface area contributed by atoms with Crippen molar-refractivity contribution < 1.29 is 0 Å². The minimum Gasteiger partial charge on any atom is -0.281 e. The maximum atomic E-state index is 4.53. The molecule has 1 heteroatoms. The molecule has 0 aromatic rings. The fourth-order valence-electron chi connectivity index (χ4n) is 2.14. The van der Waals surface area contributed by atoms with Crippen LogP contribution in [0, 0.1) is 5.92 Å². The summed E-state index contributed by atoms with van der Waals surface area (Å²) in [5.41, 5.74) is 1.52. The van der Waals surface area contributed by atoms with E-state index in [1.54, 1.807) is 0 Å². The van der Waals surface area contributed by atoms with Crippen molar-refractivity contribution in [3.63, 3.8) is 0 Å². The average Bonchev–Trinajstić information content (AvgIpc) is 2.57. The summed E-state index contributed by atoms with van der Waals surface area (Å²) in [5, 5.41) is 0. The van der Waals surface area contributed by atoms with Gasteiger partial charge in [-0.2, -0.15) is 0 Å². The van der Waals surface area contributed by atoms with Gasteiger partial charge in [-0.1, -0.05) is 30.4 Å². The number of dihydropyridines is 1. The van der Waals surface area contributed by atoms with Gasteiger partial charge >= 0.3 is 0 Å². The van der Waals surface area contributed by atoms with E-state index in [0.29, 0.717) is 5.92 Å². The summed E-state index contributed by atoms with van der Waals surface area (Å²) in [7, 11) is 0. The van der Waals surface area contributed by atoms with Crippen LogP contribution in [0.25, 0.3) is 0 Å². The van der Waals surface area contributed by atoms with Gasteiger partial charge in [-0.15, -0.1) is 0 Å². The average molecular weight is 143 g/mol. The van der Waals surface area contributed by atoms with Crippen molar-refractivity contribution >= 4 is 6.21 Å². The molecule has 54 valence electrons. The zero-order valence-corrected chi connectivity index (χ0v) is 6.20. The Hall–Kier alpha value is -1.11. The summed E-state index contributed by atoms with van der Waals surface area (Å²) < 4.78 is 0. The molecule has 1 nitrogen and oxygen atoms in total. The minimum absolute atomic E-state index is 0.115. The Morgan fingerprint density at radius 2 is 2.45 bits per heavy atom. The summed E-state index contributed by atoms with van der Waals surface area (Å²) in [6, 6.07) is 0. The number of nitrogens with zero attached hydrogens (tertiary/aromatic N) is 1. The van der Waals surface area contributed by atoms with E-state index in [4.69, 9.17) is 0 Å². The molecule has 2 aliphatic carbocycles. The largest absolute Gasteiger partial charge is 0.281 e. The van der Waals surface area contributed by atoms with Crippen molar-refractivity contribution in [1.82, 2.24) is 0 Å². The second kappa shape index (κ2) is 1.55. The standard InChI is InChI=1S/C10H9N/c1-2-4-10-6-8(7-11-10)5-9(10)3-1/h1-5,7,9H,6H2. The molecule has 1 heterocycles. The molecule has 3 rings (SSSR count). The summed E-state index contributed by atoms with van der Waals surface area (Å²) in [5.74, 6) is 0.549. The van der Waals surface area contributed by atoms with Gasteiger partial charge < -0.3 is 0 Å². The molecule has 0 fully saturated rings. The van der Waals surface area contributed by atoms with Gasteiger partial charge in [0.15, 0.2) is 0 Å². The number of hydrogen-bond acceptors (Lipinski definition) is 1. The first-order valence-corrected chi connectivity index (χ1v) is 4.01. The van der Waals surface area contributed by atoms with Gasteiger partial charge in [-0.25, -0.2) is 0 Å². The molecule has 2 atom stereocenters. The quantitative estimate of drug-likeness (QED) is 0.491. The van der Waals surface area contributed by atoms with Gasteiger partial charge in [0.1, 0.15) is 0 Å². The summed E-state index contributed by atoms with van der Waals surface area (Å²) in [4.78, 5) is 4.53. The predicted molar refractivity (Wildman–Crippen MR) is 45.7 cm³/mol. The summed E-state index contributed by atoms with van der Waals surface area (Å²) in [6.07, 6.45) is 14.2. The van der Waals surface area contributed by atoms with Crippen LogP contribution in [0.1, 0.15) is 6.42 Å². The van der Waals surface area contributed by atoms with Crippen LogP contribution in [0.2, 0.25) is 0 Å². The van der Waals surface area contributed by atoms with Gasteiger partial charge in [0.25, 0.3) is 0 Å². The maximum absolute atomic E-state index is 4.53. The lowest BCUT2D eigenvalue weighted by Gasteiger charge is -2.26. The lowest BCUT2D eigenvalue weighted by atomic mass is 9.84. The Labute approximate surface area is 65.8 Å². The van der Waals surface area contributed by atoms with Crippen molar-refractivity contribution in [3.05, 3.63) is 36.0 Å². The van der Waals surface area contributed by atoms with Gasteiger partial charge in [-0.05, 0) is 5.57 Å². The van der Waals surface area contributed by atoms with Crippen molar-refractivity contribution in [2.24, 2.45) is 10.9 Å². The molecular weight excluding hydrogens is 134 g/mol. The van der Waals surface area contributed by atoms with Gasteiger partial charge in [0, 0.05) is 18.6 Å². The van der Waals surface area contributed by atoms with Crippen LogP contribution in [0.15, 0.2) is 40.9 Å². The Morgan fingerprint density at radius 1 is 1.45 bits per heavy atom. The molecule has 3 aliphatic rings. The lowest BCUT2D eigenvalue weighted by molar-refractivity contribution is 0.497. The highest BCUT2D eigenvalue weighted by Gasteiger charge is 2.42. The molecular formula is C10H9N. The number of rotatable bonds is 0. The molecule has 1 spiro atoms. The van der Waals surface area contributed by atoms with E-state index in [1.807, 2.05) is 6.21 Å². The third kappa shape index (κ3) is 0.543. The van der Waals surface area contributed by atoms with E-state index in [0.717, 1.165) is 6.42 Å². The highest BCUT2D eigenvalue weighted by molar-refractivity contribution is 5.85. The predicted octanol–water partition coefficient (Wildman–Crippen LogP) is 1.88. The first-order chi connectivity index (χ1) is 5.39. The minimum atomic E-state index is 0.115. The van der Waals surface area contributed by atoms with Crippen LogP contribution in [-0.4, -0.2) is 11.8 Å². The number of allylic oxidation sites excluding steroid dienone is 2. The van der Waals surface area contributed by atoms with E-state index in [-0.39, 0.29) is 5.54 Å². The molecule has 0 aromatic carbocycles. The Morgan fingerprint density at radius 3 is 3.27 bits per heavy atom. The molecule has 0 aromatic heterocycles. The summed E-state index contributed by atoms with van der Waals surface area (Å²) >= 11 is 0. The summed E-state index contributed by atoms with van der Waals surface area (Å²) in [6.45, 7) is 0. The zero-order chi connectivity index (χ0) is 7.31. The van der Waals surface area contributed by atoms with Gasteiger partial charge in [0.05, 0.1) is 5.54 Å².